The van der Waals surface area contributed by atoms with Crippen molar-refractivity contribution in [3.05, 3.63) is 11.9 Å². The van der Waals surface area contributed by atoms with E-state index in [0.717, 1.165) is 19.3 Å². The molecular weight excluding hydrogens is 247 g/mol. The number of hydrogen-bond acceptors (Lipinski definition) is 5. The van der Waals surface area contributed by atoms with Crippen molar-refractivity contribution in [3.63, 3.8) is 0 Å². The van der Waals surface area contributed by atoms with Gasteiger partial charge in [0.25, 0.3) is 0 Å². The van der Waals surface area contributed by atoms with Crippen LogP contribution in [-0.2, 0) is 6.18 Å². The SMILES string of the molecule is NNc1cc(N2CCCCC2)nc(C(F)(F)F)n1. The predicted molar refractivity (Wildman–Crippen MR) is 60.9 cm³/mol. The van der Waals surface area contributed by atoms with Gasteiger partial charge in [0.1, 0.15) is 11.6 Å². The summed E-state index contributed by atoms with van der Waals surface area (Å²) in [6.45, 7) is 1.41. The van der Waals surface area contributed by atoms with Gasteiger partial charge in [-0.2, -0.15) is 13.2 Å². The molecule has 2 rings (SSSR count). The third-order valence-electron chi connectivity index (χ3n) is 2.79. The van der Waals surface area contributed by atoms with Gasteiger partial charge in [0, 0.05) is 19.2 Å². The van der Waals surface area contributed by atoms with Gasteiger partial charge in [-0.3, -0.25) is 0 Å². The number of hydrazine groups is 1. The molecule has 0 aliphatic carbocycles. The molecule has 8 heteroatoms. The Bertz CT molecular complexity index is 414. The highest BCUT2D eigenvalue weighted by Crippen LogP contribution is 2.29. The average Bonchev–Trinajstić information content (AvgIpc) is 2.38. The molecule has 1 fully saturated rings. The largest absolute Gasteiger partial charge is 0.451 e. The molecular formula is C10H14F3N5. The highest BCUT2D eigenvalue weighted by Gasteiger charge is 2.36. The van der Waals surface area contributed by atoms with E-state index in [9.17, 15) is 13.2 Å². The number of nitrogens with zero attached hydrogens (tertiary/aromatic N) is 3. The van der Waals surface area contributed by atoms with Crippen molar-refractivity contribution in [2.75, 3.05) is 23.4 Å². The number of nitrogens with two attached hydrogens (primary N) is 1. The van der Waals surface area contributed by atoms with E-state index in [-0.39, 0.29) is 11.6 Å². The second-order valence-electron chi connectivity index (χ2n) is 4.12. The van der Waals surface area contributed by atoms with Gasteiger partial charge in [-0.25, -0.2) is 15.8 Å². The Morgan fingerprint density at radius 1 is 1.17 bits per heavy atom. The van der Waals surface area contributed by atoms with Crippen LogP contribution >= 0.6 is 0 Å². The molecule has 3 N–H and O–H groups in total. The molecule has 0 spiro atoms. The van der Waals surface area contributed by atoms with Gasteiger partial charge < -0.3 is 10.3 Å². The third kappa shape index (κ3) is 2.81. The van der Waals surface area contributed by atoms with Gasteiger partial charge in [-0.15, -0.1) is 0 Å². The van der Waals surface area contributed by atoms with Crippen LogP contribution in [0.2, 0.25) is 0 Å². The number of anilines is 2. The first-order chi connectivity index (χ1) is 8.50. The molecule has 0 atom stereocenters. The van der Waals surface area contributed by atoms with Crippen LogP contribution in [0, 0.1) is 0 Å². The van der Waals surface area contributed by atoms with Gasteiger partial charge in [-0.1, -0.05) is 0 Å². The van der Waals surface area contributed by atoms with E-state index in [1.54, 1.807) is 0 Å². The molecule has 0 saturated carbocycles. The molecule has 0 amide bonds. The van der Waals surface area contributed by atoms with Crippen LogP contribution in [0.15, 0.2) is 6.07 Å². The van der Waals surface area contributed by atoms with Crippen molar-refractivity contribution in [1.82, 2.24) is 9.97 Å². The molecule has 0 unspecified atom stereocenters. The minimum atomic E-state index is -4.57. The Morgan fingerprint density at radius 2 is 1.83 bits per heavy atom. The number of hydrogen-bond donors (Lipinski definition) is 2. The molecule has 2 heterocycles. The zero-order valence-corrected chi connectivity index (χ0v) is 9.67. The average molecular weight is 261 g/mol. The number of aromatic nitrogens is 2. The Labute approximate surface area is 102 Å². The summed E-state index contributed by atoms with van der Waals surface area (Å²) in [6.07, 6.45) is -1.57. The number of piperidine rings is 1. The Hall–Kier alpha value is -1.57. The van der Waals surface area contributed by atoms with Gasteiger partial charge in [0.2, 0.25) is 5.82 Å². The zero-order chi connectivity index (χ0) is 13.2. The van der Waals surface area contributed by atoms with Crippen molar-refractivity contribution < 1.29 is 13.2 Å². The summed E-state index contributed by atoms with van der Waals surface area (Å²) in [6, 6.07) is 1.43. The van der Waals surface area contributed by atoms with E-state index in [1.807, 2.05) is 4.90 Å². The van der Waals surface area contributed by atoms with Crippen LogP contribution in [0.3, 0.4) is 0 Å². The summed E-state index contributed by atoms with van der Waals surface area (Å²) in [5.41, 5.74) is 2.14. The summed E-state index contributed by atoms with van der Waals surface area (Å²) in [5, 5.41) is 0. The lowest BCUT2D eigenvalue weighted by atomic mass is 10.1. The second-order valence-corrected chi connectivity index (χ2v) is 4.12. The van der Waals surface area contributed by atoms with Gasteiger partial charge >= 0.3 is 6.18 Å². The standard InChI is InChI=1S/C10H14F3N5/c11-10(12,13)9-15-7(17-14)6-8(16-9)18-4-2-1-3-5-18/h6H,1-5,14H2,(H,15,16,17). The maximum absolute atomic E-state index is 12.6. The minimum absolute atomic E-state index is 0.0297. The molecule has 0 aromatic carbocycles. The maximum atomic E-state index is 12.6. The highest BCUT2D eigenvalue weighted by atomic mass is 19.4. The van der Waals surface area contributed by atoms with Crippen LogP contribution in [0.4, 0.5) is 24.8 Å². The topological polar surface area (TPSA) is 67.1 Å². The summed E-state index contributed by atoms with van der Waals surface area (Å²) in [5.74, 6) is 4.21. The molecule has 100 valence electrons. The normalized spacial score (nSPS) is 16.8. The lowest BCUT2D eigenvalue weighted by Gasteiger charge is -2.28. The number of rotatable bonds is 2. The molecule has 1 aromatic heterocycles. The Balaban J connectivity index is 2.34. The Morgan fingerprint density at radius 3 is 2.39 bits per heavy atom. The summed E-state index contributed by atoms with van der Waals surface area (Å²) in [7, 11) is 0. The van der Waals surface area contributed by atoms with Crippen molar-refractivity contribution in [2.45, 2.75) is 25.4 Å². The molecule has 18 heavy (non-hydrogen) atoms. The van der Waals surface area contributed by atoms with Gasteiger partial charge in [0.05, 0.1) is 0 Å². The third-order valence-corrected chi connectivity index (χ3v) is 2.79. The van der Waals surface area contributed by atoms with Crippen LogP contribution in [0.5, 0.6) is 0 Å². The van der Waals surface area contributed by atoms with Crippen LogP contribution in [0.25, 0.3) is 0 Å². The first-order valence-electron chi connectivity index (χ1n) is 5.68. The monoisotopic (exact) mass is 261 g/mol. The van der Waals surface area contributed by atoms with Crippen LogP contribution in [0.1, 0.15) is 25.1 Å². The number of halogens is 3. The zero-order valence-electron chi connectivity index (χ0n) is 9.67. The Kier molecular flexibility index (Phi) is 3.55. The molecule has 0 bridgehead atoms. The lowest BCUT2D eigenvalue weighted by molar-refractivity contribution is -0.144. The number of alkyl halides is 3. The number of nitrogen functional groups attached to an aromatic ring is 1. The van der Waals surface area contributed by atoms with Crippen molar-refractivity contribution >= 4 is 11.6 Å². The summed E-state index contributed by atoms with van der Waals surface area (Å²) in [4.78, 5) is 8.71. The first kappa shape index (κ1) is 12.9. The summed E-state index contributed by atoms with van der Waals surface area (Å²) >= 11 is 0. The molecule has 1 aromatic rings. The predicted octanol–water partition coefficient (Wildman–Crippen LogP) is 1.77. The van der Waals surface area contributed by atoms with Crippen molar-refractivity contribution in [2.24, 2.45) is 5.84 Å². The van der Waals surface area contributed by atoms with Crippen LogP contribution in [-0.4, -0.2) is 23.1 Å². The quantitative estimate of drug-likeness (QED) is 0.627. The van der Waals surface area contributed by atoms with E-state index >= 15 is 0 Å². The van der Waals surface area contributed by atoms with Gasteiger partial charge in [-0.05, 0) is 19.3 Å². The van der Waals surface area contributed by atoms with E-state index in [4.69, 9.17) is 5.84 Å². The van der Waals surface area contributed by atoms with E-state index in [1.165, 1.54) is 6.07 Å². The molecule has 1 saturated heterocycles. The highest BCUT2D eigenvalue weighted by molar-refractivity contribution is 5.49. The van der Waals surface area contributed by atoms with E-state index in [0.29, 0.717) is 13.1 Å². The first-order valence-corrected chi connectivity index (χ1v) is 5.68. The fraction of sp³-hybridized carbons (Fsp3) is 0.600. The second kappa shape index (κ2) is 4.97. The minimum Gasteiger partial charge on any atom is -0.356 e. The molecule has 5 nitrogen and oxygen atoms in total. The van der Waals surface area contributed by atoms with Crippen molar-refractivity contribution in [1.29, 1.82) is 0 Å². The molecule has 0 radical (unpaired) electrons. The maximum Gasteiger partial charge on any atom is 0.451 e. The smallest absolute Gasteiger partial charge is 0.356 e. The van der Waals surface area contributed by atoms with Crippen molar-refractivity contribution in [3.8, 4) is 0 Å². The molecule has 1 aliphatic rings. The van der Waals surface area contributed by atoms with E-state index < -0.39 is 12.0 Å². The van der Waals surface area contributed by atoms with E-state index in [2.05, 4.69) is 15.4 Å². The van der Waals surface area contributed by atoms with Crippen LogP contribution < -0.4 is 16.2 Å². The van der Waals surface area contributed by atoms with Gasteiger partial charge in [0.15, 0.2) is 0 Å². The fourth-order valence-corrected chi connectivity index (χ4v) is 1.92. The fourth-order valence-electron chi connectivity index (χ4n) is 1.92. The lowest BCUT2D eigenvalue weighted by Crippen LogP contribution is -2.31. The molecule has 1 aliphatic heterocycles. The summed E-state index contributed by atoms with van der Waals surface area (Å²) < 4.78 is 37.9. The number of nitrogens with one attached hydrogen (secondary N) is 1.